The summed E-state index contributed by atoms with van der Waals surface area (Å²) in [4.78, 5) is 0. The van der Waals surface area contributed by atoms with Gasteiger partial charge in [0.25, 0.3) is 0 Å². The average Bonchev–Trinajstić information content (AvgIpc) is 2.36. The third-order valence-corrected chi connectivity index (χ3v) is 5.95. The minimum Gasteiger partial charge on any atom is -0.393 e. The molecule has 98 valence electrons. The predicted molar refractivity (Wildman–Crippen MR) is 67.7 cm³/mol. The Hall–Kier alpha value is -0.0800. The van der Waals surface area contributed by atoms with Crippen LogP contribution in [-0.2, 0) is 4.74 Å². The van der Waals surface area contributed by atoms with Gasteiger partial charge >= 0.3 is 0 Å². The Morgan fingerprint density at radius 1 is 1.18 bits per heavy atom. The molecule has 2 bridgehead atoms. The van der Waals surface area contributed by atoms with Crippen molar-refractivity contribution >= 4 is 0 Å². The lowest BCUT2D eigenvalue weighted by molar-refractivity contribution is -0.209. The molecule has 6 atom stereocenters. The summed E-state index contributed by atoms with van der Waals surface area (Å²) in [6.07, 6.45) is 4.49. The molecule has 2 aliphatic heterocycles. The summed E-state index contributed by atoms with van der Waals surface area (Å²) in [6, 6.07) is 0. The molecule has 2 aliphatic carbocycles. The largest absolute Gasteiger partial charge is 0.393 e. The first-order valence-electron chi connectivity index (χ1n) is 7.22. The average molecular weight is 238 g/mol. The Kier molecular flexibility index (Phi) is 2.45. The molecule has 4 aliphatic rings. The zero-order chi connectivity index (χ0) is 12.4. The summed E-state index contributed by atoms with van der Waals surface area (Å²) in [5.74, 6) is 2.37. The van der Waals surface area contributed by atoms with Gasteiger partial charge in [-0.2, -0.15) is 0 Å². The van der Waals surface area contributed by atoms with E-state index >= 15 is 0 Å². The van der Waals surface area contributed by atoms with Gasteiger partial charge < -0.3 is 9.84 Å². The molecular weight excluding hydrogens is 212 g/mol. The van der Waals surface area contributed by atoms with Crippen molar-refractivity contribution in [3.63, 3.8) is 0 Å². The van der Waals surface area contributed by atoms with Gasteiger partial charge in [-0.1, -0.05) is 6.92 Å². The molecule has 2 saturated carbocycles. The maximum absolute atomic E-state index is 10.4. The highest BCUT2D eigenvalue weighted by Gasteiger charge is 2.59. The predicted octanol–water partition coefficient (Wildman–Crippen LogP) is 2.99. The maximum Gasteiger partial charge on any atom is 0.0717 e. The third-order valence-electron chi connectivity index (χ3n) is 5.95. The van der Waals surface area contributed by atoms with Gasteiger partial charge in [0.1, 0.15) is 0 Å². The number of aliphatic hydroxyl groups excluding tert-OH is 1. The molecule has 2 heteroatoms. The van der Waals surface area contributed by atoms with Crippen LogP contribution in [0, 0.1) is 23.7 Å². The van der Waals surface area contributed by atoms with Crippen LogP contribution in [0.25, 0.3) is 0 Å². The standard InChI is InChI=1S/C15H26O2/c1-9-7-12(16)13-11(9)8-10-5-6-15(13,4)17-14(10,2)3/h9-13,16H,5-8H2,1-4H3/t9-,10-,11-,12-,13+,15+/m1/s1. The Balaban J connectivity index is 2.01. The van der Waals surface area contributed by atoms with E-state index in [4.69, 9.17) is 4.74 Å². The molecule has 2 nitrogen and oxygen atoms in total. The van der Waals surface area contributed by atoms with Crippen molar-refractivity contribution in [1.29, 1.82) is 0 Å². The minimum atomic E-state index is -0.146. The third kappa shape index (κ3) is 1.60. The highest BCUT2D eigenvalue weighted by atomic mass is 16.5. The zero-order valence-corrected chi connectivity index (χ0v) is 11.6. The van der Waals surface area contributed by atoms with Crippen LogP contribution in [0.3, 0.4) is 0 Å². The number of fused-ring (bicyclic) bond motifs is 2. The van der Waals surface area contributed by atoms with Crippen molar-refractivity contribution < 1.29 is 9.84 Å². The minimum absolute atomic E-state index is 0.00319. The summed E-state index contributed by atoms with van der Waals surface area (Å²) in [5.41, 5.74) is -0.0951. The first kappa shape index (κ1) is 12.0. The van der Waals surface area contributed by atoms with E-state index in [1.165, 1.54) is 12.8 Å². The first-order chi connectivity index (χ1) is 7.83. The number of hydrogen-bond acceptors (Lipinski definition) is 2. The lowest BCUT2D eigenvalue weighted by Crippen LogP contribution is -2.51. The highest BCUT2D eigenvalue weighted by molar-refractivity contribution is 5.08. The van der Waals surface area contributed by atoms with E-state index in [1.54, 1.807) is 0 Å². The summed E-state index contributed by atoms with van der Waals surface area (Å²) in [7, 11) is 0. The fourth-order valence-corrected chi connectivity index (χ4v) is 5.09. The molecule has 2 heterocycles. The van der Waals surface area contributed by atoms with Gasteiger partial charge in [-0.3, -0.25) is 0 Å². The molecule has 4 fully saturated rings. The second-order valence-corrected chi connectivity index (χ2v) is 7.46. The Bertz CT molecular complexity index is 325. The number of rotatable bonds is 0. The quantitative estimate of drug-likeness (QED) is 0.703. The van der Waals surface area contributed by atoms with Crippen molar-refractivity contribution in [3.05, 3.63) is 0 Å². The van der Waals surface area contributed by atoms with Gasteiger partial charge in [0.05, 0.1) is 17.3 Å². The first-order valence-corrected chi connectivity index (χ1v) is 7.22. The zero-order valence-electron chi connectivity index (χ0n) is 11.6. The van der Waals surface area contributed by atoms with E-state index in [-0.39, 0.29) is 17.3 Å². The fourth-order valence-electron chi connectivity index (χ4n) is 5.09. The Morgan fingerprint density at radius 2 is 1.88 bits per heavy atom. The van der Waals surface area contributed by atoms with Crippen molar-refractivity contribution in [2.75, 3.05) is 0 Å². The molecule has 0 amide bonds. The monoisotopic (exact) mass is 238 g/mol. The molecule has 17 heavy (non-hydrogen) atoms. The second-order valence-electron chi connectivity index (χ2n) is 7.46. The van der Waals surface area contributed by atoms with E-state index in [0.29, 0.717) is 23.7 Å². The molecule has 0 unspecified atom stereocenters. The SMILES string of the molecule is C[C@@H]1C[C@@H](O)[C@@H]2[C@@H]1C[C@H]1CC[C@]2(C)OC1(C)C. The summed E-state index contributed by atoms with van der Waals surface area (Å²) in [6.45, 7) is 9.05. The normalized spacial score (nSPS) is 56.6. The lowest BCUT2D eigenvalue weighted by Gasteiger charge is -2.48. The fraction of sp³-hybridized carbons (Fsp3) is 1.00. The van der Waals surface area contributed by atoms with Gasteiger partial charge in [-0.05, 0) is 64.2 Å². The Morgan fingerprint density at radius 3 is 2.53 bits per heavy atom. The van der Waals surface area contributed by atoms with Gasteiger partial charge in [-0.15, -0.1) is 0 Å². The molecular formula is C15H26O2. The van der Waals surface area contributed by atoms with Crippen LogP contribution in [0.1, 0.15) is 53.4 Å². The molecule has 0 aromatic carbocycles. The van der Waals surface area contributed by atoms with E-state index < -0.39 is 0 Å². The molecule has 1 N–H and O–H groups in total. The van der Waals surface area contributed by atoms with Crippen LogP contribution < -0.4 is 0 Å². The van der Waals surface area contributed by atoms with Gasteiger partial charge in [0, 0.05) is 5.92 Å². The topological polar surface area (TPSA) is 29.5 Å². The van der Waals surface area contributed by atoms with Crippen molar-refractivity contribution in [2.24, 2.45) is 23.7 Å². The molecule has 0 spiro atoms. The number of aliphatic hydroxyl groups is 1. The smallest absolute Gasteiger partial charge is 0.0717 e. The van der Waals surface area contributed by atoms with Crippen LogP contribution >= 0.6 is 0 Å². The highest BCUT2D eigenvalue weighted by Crippen LogP contribution is 2.58. The van der Waals surface area contributed by atoms with E-state index in [1.807, 2.05) is 0 Å². The summed E-state index contributed by atoms with van der Waals surface area (Å²) >= 11 is 0. The lowest BCUT2D eigenvalue weighted by atomic mass is 9.77. The van der Waals surface area contributed by atoms with Crippen LogP contribution in [0.2, 0.25) is 0 Å². The van der Waals surface area contributed by atoms with Gasteiger partial charge in [0.2, 0.25) is 0 Å². The number of hydrogen-bond donors (Lipinski definition) is 1. The van der Waals surface area contributed by atoms with Crippen molar-refractivity contribution in [1.82, 2.24) is 0 Å². The molecule has 0 radical (unpaired) electrons. The maximum atomic E-state index is 10.4. The summed E-state index contributed by atoms with van der Waals surface area (Å²) < 4.78 is 6.46. The molecule has 0 aromatic heterocycles. The van der Waals surface area contributed by atoms with E-state index in [9.17, 15) is 5.11 Å². The van der Waals surface area contributed by atoms with Crippen molar-refractivity contribution in [3.8, 4) is 0 Å². The van der Waals surface area contributed by atoms with Crippen molar-refractivity contribution in [2.45, 2.75) is 70.7 Å². The van der Waals surface area contributed by atoms with Crippen LogP contribution in [0.15, 0.2) is 0 Å². The van der Waals surface area contributed by atoms with Gasteiger partial charge in [0.15, 0.2) is 0 Å². The summed E-state index contributed by atoms with van der Waals surface area (Å²) in [5, 5.41) is 10.4. The Labute approximate surface area is 105 Å². The van der Waals surface area contributed by atoms with Crippen LogP contribution in [0.5, 0.6) is 0 Å². The van der Waals surface area contributed by atoms with E-state index in [2.05, 4.69) is 27.7 Å². The molecule has 2 saturated heterocycles. The van der Waals surface area contributed by atoms with Gasteiger partial charge in [-0.25, -0.2) is 0 Å². The van der Waals surface area contributed by atoms with Crippen LogP contribution in [-0.4, -0.2) is 22.4 Å². The molecule has 4 rings (SSSR count). The van der Waals surface area contributed by atoms with E-state index in [0.717, 1.165) is 12.8 Å². The molecule has 0 aromatic rings. The van der Waals surface area contributed by atoms with Crippen LogP contribution in [0.4, 0.5) is 0 Å². The number of ether oxygens (including phenoxy) is 1. The second kappa shape index (κ2) is 3.48.